The first kappa shape index (κ1) is 17.7. The summed E-state index contributed by atoms with van der Waals surface area (Å²) in [6.07, 6.45) is 5.76. The van der Waals surface area contributed by atoms with Crippen LogP contribution in [0.25, 0.3) is 0 Å². The molecule has 0 bridgehead atoms. The number of nitrogens with zero attached hydrogens (tertiary/aromatic N) is 6. The second-order valence-electron chi connectivity index (χ2n) is 6.56. The average molecular weight is 321 g/mol. The Labute approximate surface area is 139 Å². The van der Waals surface area contributed by atoms with Gasteiger partial charge in [0.1, 0.15) is 12.7 Å². The molecule has 2 rings (SSSR count). The summed E-state index contributed by atoms with van der Waals surface area (Å²) in [5.41, 5.74) is 0. The van der Waals surface area contributed by atoms with Gasteiger partial charge in [0.15, 0.2) is 5.96 Å². The van der Waals surface area contributed by atoms with Crippen molar-refractivity contribution < 1.29 is 0 Å². The first-order valence-corrected chi connectivity index (χ1v) is 8.69. The van der Waals surface area contributed by atoms with Crippen LogP contribution >= 0.6 is 0 Å². The van der Waals surface area contributed by atoms with E-state index in [1.807, 2.05) is 11.6 Å². The van der Waals surface area contributed by atoms with Crippen molar-refractivity contribution in [2.75, 3.05) is 46.3 Å². The molecule has 0 spiro atoms. The summed E-state index contributed by atoms with van der Waals surface area (Å²) in [5, 5.41) is 11.1. The lowest BCUT2D eigenvalue weighted by Crippen LogP contribution is -2.53. The number of rotatable bonds is 7. The smallest absolute Gasteiger partial charge is 0.193 e. The number of hydrogen-bond donors (Lipinski definition) is 1. The van der Waals surface area contributed by atoms with E-state index in [2.05, 4.69) is 44.2 Å². The minimum absolute atomic E-state index is 0.740. The maximum Gasteiger partial charge on any atom is 0.193 e. The number of piperazine rings is 1. The summed E-state index contributed by atoms with van der Waals surface area (Å²) in [5.74, 6) is 1.78. The molecule has 23 heavy (non-hydrogen) atoms. The monoisotopic (exact) mass is 321 g/mol. The predicted molar refractivity (Wildman–Crippen MR) is 93.5 cm³/mol. The number of aryl methyl sites for hydroxylation is 1. The van der Waals surface area contributed by atoms with Gasteiger partial charge in [-0.05, 0) is 18.8 Å². The Bertz CT molecular complexity index is 447. The van der Waals surface area contributed by atoms with Crippen LogP contribution in [0.1, 0.15) is 26.7 Å². The van der Waals surface area contributed by atoms with Crippen molar-refractivity contribution in [3.8, 4) is 0 Å². The van der Waals surface area contributed by atoms with E-state index in [1.165, 1.54) is 6.54 Å². The third-order valence-electron chi connectivity index (χ3n) is 4.10. The van der Waals surface area contributed by atoms with E-state index in [1.54, 1.807) is 12.7 Å². The number of nitrogens with one attached hydrogen (secondary N) is 1. The lowest BCUT2D eigenvalue weighted by atomic mass is 10.2. The van der Waals surface area contributed by atoms with Gasteiger partial charge in [-0.3, -0.25) is 9.89 Å². The molecule has 1 N–H and O–H groups in total. The first-order chi connectivity index (χ1) is 11.2. The van der Waals surface area contributed by atoms with Crippen LogP contribution < -0.4 is 5.32 Å². The van der Waals surface area contributed by atoms with E-state index >= 15 is 0 Å². The van der Waals surface area contributed by atoms with Crippen LogP contribution in [-0.4, -0.2) is 76.8 Å². The van der Waals surface area contributed by atoms with Gasteiger partial charge in [-0.2, -0.15) is 0 Å². The van der Waals surface area contributed by atoms with Gasteiger partial charge in [-0.1, -0.05) is 13.8 Å². The van der Waals surface area contributed by atoms with Crippen molar-refractivity contribution >= 4 is 5.96 Å². The molecule has 1 saturated heterocycles. The molecule has 1 aliphatic rings. The Morgan fingerprint density at radius 1 is 1.13 bits per heavy atom. The highest BCUT2D eigenvalue weighted by Crippen LogP contribution is 2.05. The van der Waals surface area contributed by atoms with E-state index in [9.17, 15) is 0 Å². The van der Waals surface area contributed by atoms with Crippen molar-refractivity contribution in [3.63, 3.8) is 0 Å². The number of aliphatic imine (C=N–C) groups is 1. The zero-order valence-corrected chi connectivity index (χ0v) is 14.8. The van der Waals surface area contributed by atoms with Crippen molar-refractivity contribution in [1.29, 1.82) is 0 Å². The van der Waals surface area contributed by atoms with Crippen molar-refractivity contribution in [2.45, 2.75) is 33.2 Å². The maximum absolute atomic E-state index is 4.43. The quantitative estimate of drug-likeness (QED) is 0.459. The molecule has 0 amide bonds. The Morgan fingerprint density at radius 2 is 1.83 bits per heavy atom. The third kappa shape index (κ3) is 6.17. The van der Waals surface area contributed by atoms with Crippen molar-refractivity contribution in [3.05, 3.63) is 12.7 Å². The lowest BCUT2D eigenvalue weighted by molar-refractivity contribution is 0.164. The highest BCUT2D eigenvalue weighted by molar-refractivity contribution is 5.79. The summed E-state index contributed by atoms with van der Waals surface area (Å²) in [6, 6.07) is 0. The van der Waals surface area contributed by atoms with E-state index < -0.39 is 0 Å². The molecule has 7 nitrogen and oxygen atoms in total. The number of hydrogen-bond acceptors (Lipinski definition) is 4. The third-order valence-corrected chi connectivity index (χ3v) is 4.10. The molecule has 0 atom stereocenters. The van der Waals surface area contributed by atoms with Gasteiger partial charge in [-0.15, -0.1) is 10.2 Å². The second kappa shape index (κ2) is 9.50. The number of unbranched alkanes of at least 4 members (excludes halogenated alkanes) is 1. The summed E-state index contributed by atoms with van der Waals surface area (Å²) in [4.78, 5) is 9.35. The summed E-state index contributed by atoms with van der Waals surface area (Å²) in [6.45, 7) is 12.1. The molecule has 1 fully saturated rings. The number of aromatic nitrogens is 3. The zero-order valence-electron chi connectivity index (χ0n) is 14.8. The Hall–Kier alpha value is -1.63. The largest absolute Gasteiger partial charge is 0.356 e. The van der Waals surface area contributed by atoms with Crippen LogP contribution in [-0.2, 0) is 6.54 Å². The van der Waals surface area contributed by atoms with Crippen LogP contribution in [0.3, 0.4) is 0 Å². The van der Waals surface area contributed by atoms with Crippen LogP contribution in [0.2, 0.25) is 0 Å². The SMILES string of the molecule is CN=C(NCCCCn1cnnc1)N1CCN(CC(C)C)CC1. The molecule has 1 aromatic rings. The molecule has 1 aromatic heterocycles. The fourth-order valence-corrected chi connectivity index (χ4v) is 2.95. The molecular weight excluding hydrogens is 290 g/mol. The van der Waals surface area contributed by atoms with E-state index in [-0.39, 0.29) is 0 Å². The standard InChI is InChI=1S/C16H31N7/c1-15(2)12-21-8-10-23(11-9-21)16(17-3)18-6-4-5-7-22-13-19-20-14-22/h13-15H,4-12H2,1-3H3,(H,17,18). The minimum Gasteiger partial charge on any atom is -0.356 e. The molecule has 0 aromatic carbocycles. The van der Waals surface area contributed by atoms with Crippen LogP contribution in [0, 0.1) is 5.92 Å². The topological polar surface area (TPSA) is 61.6 Å². The molecule has 2 heterocycles. The summed E-state index contributed by atoms with van der Waals surface area (Å²) in [7, 11) is 1.87. The van der Waals surface area contributed by atoms with Gasteiger partial charge in [-0.25, -0.2) is 0 Å². The minimum atomic E-state index is 0.740. The molecule has 0 saturated carbocycles. The van der Waals surface area contributed by atoms with E-state index in [0.717, 1.165) is 64.0 Å². The van der Waals surface area contributed by atoms with Gasteiger partial charge in [0, 0.05) is 52.9 Å². The summed E-state index contributed by atoms with van der Waals surface area (Å²) < 4.78 is 2.02. The molecule has 0 aliphatic carbocycles. The van der Waals surface area contributed by atoms with Crippen molar-refractivity contribution in [2.24, 2.45) is 10.9 Å². The van der Waals surface area contributed by atoms with Gasteiger partial charge in [0.25, 0.3) is 0 Å². The molecular formula is C16H31N7. The van der Waals surface area contributed by atoms with E-state index in [4.69, 9.17) is 0 Å². The van der Waals surface area contributed by atoms with Gasteiger partial charge < -0.3 is 14.8 Å². The van der Waals surface area contributed by atoms with Gasteiger partial charge >= 0.3 is 0 Å². The van der Waals surface area contributed by atoms with Crippen LogP contribution in [0.4, 0.5) is 0 Å². The van der Waals surface area contributed by atoms with E-state index in [0.29, 0.717) is 0 Å². The zero-order chi connectivity index (χ0) is 16.5. The van der Waals surface area contributed by atoms with Crippen LogP contribution in [0.15, 0.2) is 17.6 Å². The highest BCUT2D eigenvalue weighted by Gasteiger charge is 2.19. The maximum atomic E-state index is 4.43. The highest BCUT2D eigenvalue weighted by atomic mass is 15.3. The molecule has 0 unspecified atom stereocenters. The Kier molecular flexibility index (Phi) is 7.32. The fraction of sp³-hybridized carbons (Fsp3) is 0.812. The molecule has 7 heteroatoms. The summed E-state index contributed by atoms with van der Waals surface area (Å²) >= 11 is 0. The normalized spacial score (nSPS) is 17.0. The molecule has 1 aliphatic heterocycles. The second-order valence-corrected chi connectivity index (χ2v) is 6.56. The van der Waals surface area contributed by atoms with Crippen molar-refractivity contribution in [1.82, 2.24) is 29.9 Å². The molecule has 0 radical (unpaired) electrons. The first-order valence-electron chi connectivity index (χ1n) is 8.69. The Balaban J connectivity index is 1.62. The average Bonchev–Trinajstić information content (AvgIpc) is 3.05. The Morgan fingerprint density at radius 3 is 2.43 bits per heavy atom. The number of guanidine groups is 1. The van der Waals surface area contributed by atoms with Gasteiger partial charge in [0.05, 0.1) is 0 Å². The lowest BCUT2D eigenvalue weighted by Gasteiger charge is -2.37. The molecule has 130 valence electrons. The predicted octanol–water partition coefficient (Wildman–Crippen LogP) is 0.907. The fourth-order valence-electron chi connectivity index (χ4n) is 2.95. The van der Waals surface area contributed by atoms with Crippen LogP contribution in [0.5, 0.6) is 0 Å². The van der Waals surface area contributed by atoms with Gasteiger partial charge in [0.2, 0.25) is 0 Å².